The molecule has 3 saturated heterocycles. The van der Waals surface area contributed by atoms with E-state index in [-0.39, 0.29) is 23.8 Å². The molecule has 1 atom stereocenters. The maximum absolute atomic E-state index is 12.6. The van der Waals surface area contributed by atoms with Crippen LogP contribution in [0, 0.1) is 5.92 Å². The summed E-state index contributed by atoms with van der Waals surface area (Å²) in [6, 6.07) is 10.8. The summed E-state index contributed by atoms with van der Waals surface area (Å²) < 4.78 is 5.60. The van der Waals surface area contributed by atoms with Gasteiger partial charge < -0.3 is 19.9 Å². The van der Waals surface area contributed by atoms with Gasteiger partial charge in [-0.05, 0) is 63.6 Å². The molecule has 2 amide bonds. The second kappa shape index (κ2) is 11.1. The van der Waals surface area contributed by atoms with Crippen molar-refractivity contribution in [3.63, 3.8) is 0 Å². The number of amides is 2. The molecule has 31 heavy (non-hydrogen) atoms. The number of hydrogen-bond acceptors (Lipinski definition) is 4. The Labute approximate surface area is 186 Å². The van der Waals surface area contributed by atoms with Crippen molar-refractivity contribution in [3.05, 3.63) is 35.9 Å². The largest absolute Gasteiger partial charge is 0.376 e. The molecule has 3 aliphatic rings. The average molecular weight is 428 g/mol. The Bertz CT molecular complexity index is 704. The summed E-state index contributed by atoms with van der Waals surface area (Å²) in [5.41, 5.74) is 1.23. The lowest BCUT2D eigenvalue weighted by Gasteiger charge is -2.41. The molecule has 0 spiro atoms. The first kappa shape index (κ1) is 22.3. The van der Waals surface area contributed by atoms with E-state index in [0.29, 0.717) is 19.0 Å². The highest BCUT2D eigenvalue weighted by Crippen LogP contribution is 2.24. The molecule has 1 aromatic carbocycles. The number of carbonyl (C=O) groups excluding carboxylic acids is 2. The van der Waals surface area contributed by atoms with Gasteiger partial charge in [0.15, 0.2) is 0 Å². The minimum Gasteiger partial charge on any atom is -0.376 e. The van der Waals surface area contributed by atoms with E-state index in [0.717, 1.165) is 77.7 Å². The first-order valence-electron chi connectivity index (χ1n) is 12.1. The van der Waals surface area contributed by atoms with Gasteiger partial charge in [0.1, 0.15) is 0 Å². The van der Waals surface area contributed by atoms with Crippen LogP contribution in [0.25, 0.3) is 0 Å². The van der Waals surface area contributed by atoms with E-state index in [1.165, 1.54) is 5.56 Å². The van der Waals surface area contributed by atoms with Gasteiger partial charge in [0, 0.05) is 44.6 Å². The van der Waals surface area contributed by atoms with Crippen molar-refractivity contribution in [1.82, 2.24) is 15.1 Å². The Morgan fingerprint density at radius 1 is 0.968 bits per heavy atom. The van der Waals surface area contributed by atoms with Crippen LogP contribution in [-0.4, -0.2) is 73.1 Å². The second-order valence-electron chi connectivity index (χ2n) is 9.29. The van der Waals surface area contributed by atoms with Gasteiger partial charge in [0.25, 0.3) is 0 Å². The molecule has 0 saturated carbocycles. The van der Waals surface area contributed by atoms with Crippen molar-refractivity contribution in [1.29, 1.82) is 0 Å². The SMILES string of the molecule is O=C(NC[C@@H]1CCCO1)C1CCN(C2CCN(C(=O)CCc3ccccc3)CC2)CC1. The summed E-state index contributed by atoms with van der Waals surface area (Å²) in [7, 11) is 0. The molecule has 0 unspecified atom stereocenters. The van der Waals surface area contributed by atoms with E-state index in [9.17, 15) is 9.59 Å². The predicted molar refractivity (Wildman–Crippen MR) is 121 cm³/mol. The summed E-state index contributed by atoms with van der Waals surface area (Å²) in [5, 5.41) is 3.10. The normalized spacial score (nSPS) is 23.7. The van der Waals surface area contributed by atoms with Crippen LogP contribution in [0.2, 0.25) is 0 Å². The molecule has 3 heterocycles. The lowest BCUT2D eigenvalue weighted by atomic mass is 9.92. The number of hydrogen-bond donors (Lipinski definition) is 1. The fraction of sp³-hybridized carbons (Fsp3) is 0.680. The minimum absolute atomic E-state index is 0.136. The standard InChI is InChI=1S/C25H37N3O3/c29-24(9-8-20-5-2-1-3-6-20)28-16-12-22(13-17-28)27-14-10-21(11-15-27)25(30)26-19-23-7-4-18-31-23/h1-3,5-6,21-23H,4,7-19H2,(H,26,30)/t23-/m0/s1. The summed E-state index contributed by atoms with van der Waals surface area (Å²) in [4.78, 5) is 29.7. The molecular formula is C25H37N3O3. The highest BCUT2D eigenvalue weighted by atomic mass is 16.5. The maximum atomic E-state index is 12.6. The maximum Gasteiger partial charge on any atom is 0.223 e. The Morgan fingerprint density at radius 2 is 1.71 bits per heavy atom. The lowest BCUT2D eigenvalue weighted by Crippen LogP contribution is -2.50. The van der Waals surface area contributed by atoms with E-state index in [1.54, 1.807) is 0 Å². The predicted octanol–water partition coefficient (Wildman–Crippen LogP) is 2.62. The van der Waals surface area contributed by atoms with Gasteiger partial charge in [-0.25, -0.2) is 0 Å². The number of carbonyl (C=O) groups is 2. The average Bonchev–Trinajstić information content (AvgIpc) is 3.36. The van der Waals surface area contributed by atoms with Crippen LogP contribution < -0.4 is 5.32 Å². The lowest BCUT2D eigenvalue weighted by molar-refractivity contribution is -0.133. The van der Waals surface area contributed by atoms with Crippen molar-refractivity contribution < 1.29 is 14.3 Å². The Hall–Kier alpha value is -1.92. The quantitative estimate of drug-likeness (QED) is 0.727. The number of piperidine rings is 2. The monoisotopic (exact) mass is 427 g/mol. The molecule has 1 N–H and O–H groups in total. The highest BCUT2D eigenvalue weighted by molar-refractivity contribution is 5.78. The smallest absolute Gasteiger partial charge is 0.223 e. The Morgan fingerprint density at radius 3 is 2.39 bits per heavy atom. The first-order valence-corrected chi connectivity index (χ1v) is 12.1. The number of likely N-dealkylation sites (tertiary alicyclic amines) is 2. The number of benzene rings is 1. The zero-order valence-electron chi connectivity index (χ0n) is 18.6. The summed E-state index contributed by atoms with van der Waals surface area (Å²) >= 11 is 0. The molecular weight excluding hydrogens is 390 g/mol. The number of nitrogens with one attached hydrogen (secondary N) is 1. The van der Waals surface area contributed by atoms with Crippen LogP contribution in [0.1, 0.15) is 50.5 Å². The van der Waals surface area contributed by atoms with Crippen LogP contribution in [-0.2, 0) is 20.7 Å². The Balaban J connectivity index is 1.13. The van der Waals surface area contributed by atoms with Crippen molar-refractivity contribution in [2.75, 3.05) is 39.3 Å². The summed E-state index contributed by atoms with van der Waals surface area (Å²) in [5.74, 6) is 0.621. The third-order valence-corrected chi connectivity index (χ3v) is 7.23. The molecule has 1 aromatic rings. The van der Waals surface area contributed by atoms with E-state index >= 15 is 0 Å². The highest BCUT2D eigenvalue weighted by Gasteiger charge is 2.31. The van der Waals surface area contributed by atoms with Gasteiger partial charge in [0.2, 0.25) is 11.8 Å². The molecule has 3 aliphatic heterocycles. The molecule has 0 radical (unpaired) electrons. The van der Waals surface area contributed by atoms with Crippen molar-refractivity contribution in [2.24, 2.45) is 5.92 Å². The van der Waals surface area contributed by atoms with Crippen molar-refractivity contribution >= 4 is 11.8 Å². The number of rotatable bonds is 7. The number of ether oxygens (including phenoxy) is 1. The van der Waals surface area contributed by atoms with E-state index < -0.39 is 0 Å². The van der Waals surface area contributed by atoms with Crippen molar-refractivity contribution in [2.45, 2.75) is 63.5 Å². The van der Waals surface area contributed by atoms with E-state index in [2.05, 4.69) is 22.3 Å². The first-order chi connectivity index (χ1) is 15.2. The molecule has 0 aliphatic carbocycles. The number of nitrogens with zero attached hydrogens (tertiary/aromatic N) is 2. The minimum atomic E-state index is 0.136. The van der Waals surface area contributed by atoms with Gasteiger partial charge in [0.05, 0.1) is 6.10 Å². The molecule has 6 heteroatoms. The second-order valence-corrected chi connectivity index (χ2v) is 9.29. The zero-order valence-corrected chi connectivity index (χ0v) is 18.6. The third kappa shape index (κ3) is 6.30. The van der Waals surface area contributed by atoms with Crippen molar-refractivity contribution in [3.8, 4) is 0 Å². The van der Waals surface area contributed by atoms with Crippen LogP contribution in [0.4, 0.5) is 0 Å². The zero-order chi connectivity index (χ0) is 21.5. The van der Waals surface area contributed by atoms with Crippen LogP contribution in [0.3, 0.4) is 0 Å². The fourth-order valence-corrected chi connectivity index (χ4v) is 5.23. The third-order valence-electron chi connectivity index (χ3n) is 7.23. The van der Waals surface area contributed by atoms with Crippen LogP contribution in [0.15, 0.2) is 30.3 Å². The van der Waals surface area contributed by atoms with Gasteiger partial charge in [-0.15, -0.1) is 0 Å². The van der Waals surface area contributed by atoms with Crippen LogP contribution in [0.5, 0.6) is 0 Å². The van der Waals surface area contributed by atoms with Gasteiger partial charge >= 0.3 is 0 Å². The molecule has 170 valence electrons. The van der Waals surface area contributed by atoms with Gasteiger partial charge in [-0.3, -0.25) is 9.59 Å². The van der Waals surface area contributed by atoms with Gasteiger partial charge in [-0.1, -0.05) is 30.3 Å². The number of aryl methyl sites for hydroxylation is 1. The Kier molecular flexibility index (Phi) is 7.97. The summed E-state index contributed by atoms with van der Waals surface area (Å²) in [6.45, 7) is 5.20. The topological polar surface area (TPSA) is 61.9 Å². The van der Waals surface area contributed by atoms with E-state index in [1.807, 2.05) is 23.1 Å². The van der Waals surface area contributed by atoms with Gasteiger partial charge in [-0.2, -0.15) is 0 Å². The van der Waals surface area contributed by atoms with E-state index in [4.69, 9.17) is 4.74 Å². The molecule has 0 bridgehead atoms. The molecule has 6 nitrogen and oxygen atoms in total. The van der Waals surface area contributed by atoms with Crippen LogP contribution >= 0.6 is 0 Å². The molecule has 3 fully saturated rings. The molecule has 4 rings (SSSR count). The fourth-order valence-electron chi connectivity index (χ4n) is 5.23. The molecule has 0 aromatic heterocycles. The summed E-state index contributed by atoms with van der Waals surface area (Å²) in [6.07, 6.45) is 7.77.